The van der Waals surface area contributed by atoms with Crippen LogP contribution in [0.15, 0.2) is 97.2 Å². The first-order chi connectivity index (χ1) is 32.2. The molecule has 0 aliphatic rings. The van der Waals surface area contributed by atoms with Crippen molar-refractivity contribution in [3.63, 3.8) is 0 Å². The topological polar surface area (TPSA) is 155 Å². The third kappa shape index (κ3) is 45.6. The van der Waals surface area contributed by atoms with E-state index in [9.17, 15) is 28.9 Å². The highest BCUT2D eigenvalue weighted by atomic mass is 31.2. The Hall–Kier alpha value is -3.60. The number of ether oxygens (including phenoxy) is 3. The first-order valence-electron chi connectivity index (χ1n) is 25.1. The number of rotatable bonds is 45. The van der Waals surface area contributed by atoms with Gasteiger partial charge in [0.15, 0.2) is 6.10 Å². The van der Waals surface area contributed by atoms with Crippen molar-refractivity contribution in [2.45, 2.75) is 200 Å². The second-order valence-corrected chi connectivity index (χ2v) is 17.7. The van der Waals surface area contributed by atoms with E-state index < -0.39 is 57.8 Å². The Morgan fingerprint density at radius 3 is 1.41 bits per heavy atom. The number of carbonyl (C=O) groups is 3. The van der Waals surface area contributed by atoms with Crippen LogP contribution in [0.25, 0.3) is 0 Å². The van der Waals surface area contributed by atoms with Crippen molar-refractivity contribution in [3.8, 4) is 0 Å². The van der Waals surface area contributed by atoms with Crippen LogP contribution >= 0.6 is 7.82 Å². The van der Waals surface area contributed by atoms with E-state index in [4.69, 9.17) is 23.3 Å². The highest BCUT2D eigenvalue weighted by molar-refractivity contribution is 7.47. The first kappa shape index (κ1) is 62.4. The summed E-state index contributed by atoms with van der Waals surface area (Å²) in [7, 11) is -4.77. The zero-order chi connectivity index (χ0) is 48.4. The molecule has 0 saturated heterocycles. The Morgan fingerprint density at radius 2 is 0.879 bits per heavy atom. The predicted molar refractivity (Wildman–Crippen MR) is 270 cm³/mol. The molecular weight excluding hydrogens is 856 g/mol. The summed E-state index contributed by atoms with van der Waals surface area (Å²) in [6, 6.07) is 0. The third-order valence-corrected chi connectivity index (χ3v) is 10.9. The zero-order valence-corrected chi connectivity index (χ0v) is 42.0. The highest BCUT2D eigenvalue weighted by Gasteiger charge is 2.28. The highest BCUT2D eigenvalue weighted by Crippen LogP contribution is 2.43. The van der Waals surface area contributed by atoms with Gasteiger partial charge in [0.2, 0.25) is 0 Å². The lowest BCUT2D eigenvalue weighted by atomic mass is 10.1. The second-order valence-electron chi connectivity index (χ2n) is 16.3. The quantitative estimate of drug-likeness (QED) is 0.0197. The molecule has 0 amide bonds. The number of hydrogen-bond acceptors (Lipinski definition) is 10. The maximum absolute atomic E-state index is 12.8. The Morgan fingerprint density at radius 1 is 0.455 bits per heavy atom. The average Bonchev–Trinajstić information content (AvgIpc) is 3.30. The molecule has 11 nitrogen and oxygen atoms in total. The monoisotopic (exact) mass is 945 g/mol. The number of aliphatic hydroxyl groups is 1. The molecule has 0 heterocycles. The molecule has 0 aliphatic heterocycles. The van der Waals surface area contributed by atoms with Crippen molar-refractivity contribution in [1.82, 2.24) is 0 Å². The minimum Gasteiger partial charge on any atom is -0.462 e. The molecule has 66 heavy (non-hydrogen) atoms. The number of carbonyl (C=O) groups excluding carboxylic acids is 3. The number of phosphoric acid groups is 1. The molecule has 0 bridgehead atoms. The number of allylic oxidation sites excluding steroid dienone is 15. The van der Waals surface area contributed by atoms with Crippen molar-refractivity contribution in [2.75, 3.05) is 26.4 Å². The predicted octanol–water partition coefficient (Wildman–Crippen LogP) is 14.1. The van der Waals surface area contributed by atoms with Crippen molar-refractivity contribution in [3.05, 3.63) is 97.2 Å². The number of phosphoric ester groups is 1. The van der Waals surface area contributed by atoms with Crippen LogP contribution in [0.3, 0.4) is 0 Å². The molecule has 2 N–H and O–H groups in total. The Kier molecular flexibility index (Phi) is 45.3. The van der Waals surface area contributed by atoms with Crippen LogP contribution < -0.4 is 0 Å². The van der Waals surface area contributed by atoms with Crippen molar-refractivity contribution < 1.29 is 52.2 Å². The van der Waals surface area contributed by atoms with Crippen LogP contribution in [0.2, 0.25) is 0 Å². The minimum absolute atomic E-state index is 0.0720. The fourth-order valence-corrected chi connectivity index (χ4v) is 6.94. The summed E-state index contributed by atoms with van der Waals surface area (Å²) in [5.74, 6) is -1.66. The van der Waals surface area contributed by atoms with E-state index in [1.54, 1.807) is 6.08 Å². The molecule has 0 fully saturated rings. The number of hydrogen-bond donors (Lipinski definition) is 2. The Labute approximate surface area is 400 Å². The second kappa shape index (κ2) is 47.9. The summed E-state index contributed by atoms with van der Waals surface area (Å²) < 4.78 is 39.1. The van der Waals surface area contributed by atoms with Crippen molar-refractivity contribution >= 4 is 25.7 Å². The lowest BCUT2D eigenvalue weighted by Crippen LogP contribution is -2.30. The van der Waals surface area contributed by atoms with Crippen LogP contribution in [0.5, 0.6) is 0 Å². The molecule has 3 atom stereocenters. The van der Waals surface area contributed by atoms with E-state index in [1.165, 1.54) is 12.8 Å². The van der Waals surface area contributed by atoms with Gasteiger partial charge in [0.1, 0.15) is 12.7 Å². The lowest BCUT2D eigenvalue weighted by molar-refractivity contribution is -0.160. The maximum atomic E-state index is 12.8. The zero-order valence-electron chi connectivity index (χ0n) is 41.1. The molecule has 0 aliphatic carbocycles. The van der Waals surface area contributed by atoms with Crippen LogP contribution in [-0.2, 0) is 42.2 Å². The van der Waals surface area contributed by atoms with Crippen LogP contribution in [0, 0.1) is 0 Å². The summed E-state index contributed by atoms with van der Waals surface area (Å²) in [6.07, 6.45) is 54.1. The van der Waals surface area contributed by atoms with Crippen molar-refractivity contribution in [1.29, 1.82) is 0 Å². The summed E-state index contributed by atoms with van der Waals surface area (Å²) in [6.45, 7) is 4.25. The summed E-state index contributed by atoms with van der Waals surface area (Å²) in [5.41, 5.74) is 0. The fourth-order valence-electron chi connectivity index (χ4n) is 6.15. The Balaban J connectivity index is 4.92. The molecule has 0 saturated carbocycles. The van der Waals surface area contributed by atoms with Crippen LogP contribution in [0.1, 0.15) is 188 Å². The maximum Gasteiger partial charge on any atom is 0.472 e. The van der Waals surface area contributed by atoms with Gasteiger partial charge in [-0.2, -0.15) is 0 Å². The molecule has 0 spiro atoms. The van der Waals surface area contributed by atoms with Gasteiger partial charge < -0.3 is 24.2 Å². The summed E-state index contributed by atoms with van der Waals surface area (Å²) in [4.78, 5) is 48.2. The van der Waals surface area contributed by atoms with Crippen molar-refractivity contribution in [2.24, 2.45) is 0 Å². The van der Waals surface area contributed by atoms with Gasteiger partial charge in [-0.05, 0) is 89.9 Å². The lowest BCUT2D eigenvalue weighted by Gasteiger charge is -2.21. The normalized spacial score (nSPS) is 14.3. The van der Waals surface area contributed by atoms with Gasteiger partial charge >= 0.3 is 25.7 Å². The number of aliphatic hydroxyl groups excluding tert-OH is 1. The van der Waals surface area contributed by atoms with E-state index in [0.29, 0.717) is 19.3 Å². The SMILES string of the molecule is CC/C=C\C/C=C\C/C=C\C/C=C\C/C=C\CC(=O)OC(COC(=O)CCCCCCC/C=C\C/C=C\CCC)COP(=O)(O)OCC(CO)OC(=O)CCCCCCC/C=C\CCCC. The van der Waals surface area contributed by atoms with E-state index >= 15 is 0 Å². The Bertz CT molecular complexity index is 1480. The summed E-state index contributed by atoms with van der Waals surface area (Å²) >= 11 is 0. The molecular formula is C54H89O11P. The van der Waals surface area contributed by atoms with E-state index in [2.05, 4.69) is 93.7 Å². The van der Waals surface area contributed by atoms with Gasteiger partial charge in [0.05, 0.1) is 26.2 Å². The molecule has 3 unspecified atom stereocenters. The summed E-state index contributed by atoms with van der Waals surface area (Å²) in [5, 5.41) is 9.75. The van der Waals surface area contributed by atoms with E-state index in [0.717, 1.165) is 116 Å². The van der Waals surface area contributed by atoms with Gasteiger partial charge in [-0.3, -0.25) is 23.4 Å². The largest absolute Gasteiger partial charge is 0.472 e. The van der Waals surface area contributed by atoms with Gasteiger partial charge in [0, 0.05) is 12.8 Å². The molecule has 0 aromatic carbocycles. The fraction of sp³-hybridized carbons (Fsp3) is 0.648. The smallest absolute Gasteiger partial charge is 0.462 e. The van der Waals surface area contributed by atoms with Gasteiger partial charge in [-0.15, -0.1) is 0 Å². The van der Waals surface area contributed by atoms with E-state index in [1.807, 2.05) is 18.2 Å². The minimum atomic E-state index is -4.77. The average molecular weight is 945 g/mol. The van der Waals surface area contributed by atoms with Gasteiger partial charge in [0.25, 0.3) is 0 Å². The molecule has 376 valence electrons. The third-order valence-electron chi connectivity index (χ3n) is 9.97. The number of unbranched alkanes of at least 4 members (excludes halogenated alkanes) is 13. The molecule has 0 aromatic rings. The number of esters is 3. The molecule has 12 heteroatoms. The van der Waals surface area contributed by atoms with Crippen LogP contribution in [-0.4, -0.2) is 66.5 Å². The molecule has 0 radical (unpaired) electrons. The van der Waals surface area contributed by atoms with E-state index in [-0.39, 0.29) is 25.9 Å². The first-order valence-corrected chi connectivity index (χ1v) is 26.6. The molecule has 0 aromatic heterocycles. The van der Waals surface area contributed by atoms with Crippen LogP contribution in [0.4, 0.5) is 0 Å². The standard InChI is InChI=1S/C54H89O11P/c1-4-7-10-13-16-19-22-24-25-27-30-33-36-39-42-45-54(58)65-51(47-61-52(56)43-40-37-34-31-29-26-23-20-17-14-11-8-5-2)49-63-66(59,60)62-48-50(46-55)64-53(57)44-41-38-35-32-28-21-18-15-12-9-6-3/h7,10-11,14-16,18-20,23-25,30,33,39,42,50-51,55H,4-6,8-9,12-13,17,21-22,26-29,31-32,34-38,40-41,43-49H2,1-3H3,(H,59,60)/b10-7-,14-11-,18-15-,19-16-,23-20-,25-24-,33-30-,42-39-. The van der Waals surface area contributed by atoms with Gasteiger partial charge in [-0.25, -0.2) is 4.57 Å². The van der Waals surface area contributed by atoms with Gasteiger partial charge in [-0.1, -0.05) is 176 Å². The molecule has 0 rings (SSSR count).